The van der Waals surface area contributed by atoms with E-state index in [1.807, 2.05) is 6.07 Å². The van der Waals surface area contributed by atoms with Gasteiger partial charge in [-0.15, -0.1) is 0 Å². The molecule has 0 aromatic carbocycles. The largest absolute Gasteiger partial charge is 0.364 e. The highest BCUT2D eigenvalue weighted by Gasteiger charge is 2.27. The lowest BCUT2D eigenvalue weighted by molar-refractivity contribution is 0.216. The highest BCUT2D eigenvalue weighted by atomic mass is 16.5. The number of aromatic nitrogens is 1. The van der Waals surface area contributed by atoms with Gasteiger partial charge in [-0.3, -0.25) is 4.99 Å². The van der Waals surface area contributed by atoms with Gasteiger partial charge in [0.15, 0.2) is 5.96 Å². The fourth-order valence-corrected chi connectivity index (χ4v) is 2.43. The van der Waals surface area contributed by atoms with Gasteiger partial charge in [-0.2, -0.15) is 0 Å². The molecule has 1 heterocycles. The average molecular weight is 264 g/mol. The van der Waals surface area contributed by atoms with Crippen molar-refractivity contribution in [2.45, 2.75) is 52.1 Å². The first-order chi connectivity index (χ1) is 9.09. The zero-order chi connectivity index (χ0) is 13.7. The maximum Gasteiger partial charge on any atom is 0.191 e. The Labute approximate surface area is 114 Å². The van der Waals surface area contributed by atoms with E-state index in [1.54, 1.807) is 13.3 Å². The molecule has 0 amide bonds. The summed E-state index contributed by atoms with van der Waals surface area (Å²) in [7, 11) is 1.80. The number of guanidine groups is 1. The molecule has 0 bridgehead atoms. The molecule has 0 spiro atoms. The molecule has 1 aromatic heterocycles. The van der Waals surface area contributed by atoms with Crippen LogP contribution < -0.4 is 10.6 Å². The summed E-state index contributed by atoms with van der Waals surface area (Å²) < 4.78 is 4.80. The summed E-state index contributed by atoms with van der Waals surface area (Å²) >= 11 is 0. The molecule has 0 unspecified atom stereocenters. The van der Waals surface area contributed by atoms with E-state index < -0.39 is 0 Å². The molecule has 0 atom stereocenters. The normalized spacial score (nSPS) is 20.3. The summed E-state index contributed by atoms with van der Waals surface area (Å²) in [6, 6.07) is 2.38. The minimum atomic E-state index is 0.496. The van der Waals surface area contributed by atoms with Gasteiger partial charge >= 0.3 is 0 Å². The quantitative estimate of drug-likeness (QED) is 0.649. The number of aliphatic imine (C=N–C) groups is 1. The van der Waals surface area contributed by atoms with Crippen LogP contribution in [0.1, 0.15) is 45.2 Å². The van der Waals surface area contributed by atoms with E-state index in [0.29, 0.717) is 18.0 Å². The van der Waals surface area contributed by atoms with E-state index in [-0.39, 0.29) is 0 Å². The average Bonchev–Trinajstić information content (AvgIpc) is 2.89. The minimum absolute atomic E-state index is 0.496. The first-order valence-electron chi connectivity index (χ1n) is 6.95. The molecule has 19 heavy (non-hydrogen) atoms. The van der Waals surface area contributed by atoms with Gasteiger partial charge < -0.3 is 15.2 Å². The van der Waals surface area contributed by atoms with Gasteiger partial charge in [-0.25, -0.2) is 0 Å². The van der Waals surface area contributed by atoms with Crippen molar-refractivity contribution in [3.05, 3.63) is 18.0 Å². The van der Waals surface area contributed by atoms with Gasteiger partial charge in [0, 0.05) is 19.2 Å². The van der Waals surface area contributed by atoms with Gasteiger partial charge in [0.05, 0.1) is 6.54 Å². The fourth-order valence-electron chi connectivity index (χ4n) is 2.43. The predicted molar refractivity (Wildman–Crippen MR) is 75.9 cm³/mol. The van der Waals surface area contributed by atoms with Crippen molar-refractivity contribution >= 4 is 5.96 Å². The molecule has 1 aliphatic carbocycles. The summed E-state index contributed by atoms with van der Waals surface area (Å²) in [6.45, 7) is 5.33. The Hall–Kier alpha value is -1.52. The Bertz CT molecular complexity index is 401. The first-order valence-corrected chi connectivity index (χ1v) is 6.95. The van der Waals surface area contributed by atoms with Crippen LogP contribution in [0.5, 0.6) is 0 Å². The number of nitrogens with zero attached hydrogens (tertiary/aromatic N) is 2. The third-order valence-electron chi connectivity index (χ3n) is 3.83. The second-order valence-corrected chi connectivity index (χ2v) is 6.00. The topological polar surface area (TPSA) is 62.5 Å². The lowest BCUT2D eigenvalue weighted by atomic mass is 9.75. The molecule has 2 rings (SSSR count). The van der Waals surface area contributed by atoms with Gasteiger partial charge in [0.25, 0.3) is 0 Å². The molecule has 1 saturated carbocycles. The zero-order valence-electron chi connectivity index (χ0n) is 12.1. The van der Waals surface area contributed by atoms with Crippen LogP contribution in [-0.4, -0.2) is 24.2 Å². The number of nitrogens with one attached hydrogen (secondary N) is 2. The molecular weight excluding hydrogens is 240 g/mol. The molecule has 1 aromatic rings. The van der Waals surface area contributed by atoms with Crippen LogP contribution in [0, 0.1) is 5.41 Å². The molecule has 0 saturated heterocycles. The van der Waals surface area contributed by atoms with Crippen LogP contribution >= 0.6 is 0 Å². The molecule has 2 N–H and O–H groups in total. The highest BCUT2D eigenvalue weighted by molar-refractivity contribution is 5.79. The molecule has 5 nitrogen and oxygen atoms in total. The summed E-state index contributed by atoms with van der Waals surface area (Å²) in [5.74, 6) is 0.840. The SMILES string of the molecule is CN=C(NCc1ccon1)NC1CCC(C)(C)CC1. The molecular formula is C14H24N4O. The summed E-state index contributed by atoms with van der Waals surface area (Å²) in [6.07, 6.45) is 6.53. The highest BCUT2D eigenvalue weighted by Crippen LogP contribution is 2.34. The predicted octanol–water partition coefficient (Wildman–Crippen LogP) is 2.31. The molecule has 0 radical (unpaired) electrons. The fraction of sp³-hybridized carbons (Fsp3) is 0.714. The monoisotopic (exact) mass is 264 g/mol. The molecule has 106 valence electrons. The van der Waals surface area contributed by atoms with Gasteiger partial charge in [-0.05, 0) is 31.1 Å². The maximum atomic E-state index is 4.80. The molecule has 0 aliphatic heterocycles. The van der Waals surface area contributed by atoms with Crippen molar-refractivity contribution in [2.24, 2.45) is 10.4 Å². The standard InChI is InChI=1S/C14H24N4O/c1-14(2)7-4-11(5-8-14)17-13(15-3)16-10-12-6-9-19-18-12/h6,9,11H,4-5,7-8,10H2,1-3H3,(H2,15,16,17). The Balaban J connectivity index is 1.77. The van der Waals surface area contributed by atoms with Crippen molar-refractivity contribution in [1.29, 1.82) is 0 Å². The summed E-state index contributed by atoms with van der Waals surface area (Å²) in [5.41, 5.74) is 1.38. The molecule has 5 heteroatoms. The van der Waals surface area contributed by atoms with Crippen LogP contribution in [0.25, 0.3) is 0 Å². The van der Waals surface area contributed by atoms with Gasteiger partial charge in [0.2, 0.25) is 0 Å². The Kier molecular flexibility index (Phi) is 4.45. The van der Waals surface area contributed by atoms with Crippen molar-refractivity contribution in [3.63, 3.8) is 0 Å². The van der Waals surface area contributed by atoms with Crippen molar-refractivity contribution in [2.75, 3.05) is 7.05 Å². The van der Waals surface area contributed by atoms with Crippen LogP contribution in [0.3, 0.4) is 0 Å². The summed E-state index contributed by atoms with van der Waals surface area (Å²) in [5, 5.41) is 10.6. The van der Waals surface area contributed by atoms with Crippen LogP contribution in [0.15, 0.2) is 21.8 Å². The lowest BCUT2D eigenvalue weighted by Crippen LogP contribution is -2.45. The Morgan fingerprint density at radius 2 is 2.21 bits per heavy atom. The summed E-state index contributed by atoms with van der Waals surface area (Å²) in [4.78, 5) is 4.25. The number of hydrogen-bond donors (Lipinski definition) is 2. The third kappa shape index (κ3) is 4.26. The van der Waals surface area contributed by atoms with Crippen molar-refractivity contribution in [3.8, 4) is 0 Å². The van der Waals surface area contributed by atoms with E-state index in [1.165, 1.54) is 25.7 Å². The van der Waals surface area contributed by atoms with E-state index in [9.17, 15) is 0 Å². The number of rotatable bonds is 3. The second-order valence-electron chi connectivity index (χ2n) is 6.00. The van der Waals surface area contributed by atoms with Crippen LogP contribution in [0.4, 0.5) is 0 Å². The second kappa shape index (κ2) is 6.08. The minimum Gasteiger partial charge on any atom is -0.364 e. The molecule has 1 fully saturated rings. The smallest absolute Gasteiger partial charge is 0.191 e. The Morgan fingerprint density at radius 3 is 2.79 bits per heavy atom. The van der Waals surface area contributed by atoms with Crippen molar-refractivity contribution in [1.82, 2.24) is 15.8 Å². The molecule has 1 aliphatic rings. The van der Waals surface area contributed by atoms with Gasteiger partial charge in [-0.1, -0.05) is 19.0 Å². The van der Waals surface area contributed by atoms with E-state index >= 15 is 0 Å². The van der Waals surface area contributed by atoms with Crippen LogP contribution in [0.2, 0.25) is 0 Å². The third-order valence-corrected chi connectivity index (χ3v) is 3.83. The van der Waals surface area contributed by atoms with E-state index in [0.717, 1.165) is 11.7 Å². The maximum absolute atomic E-state index is 4.80. The van der Waals surface area contributed by atoms with Crippen molar-refractivity contribution < 1.29 is 4.52 Å². The zero-order valence-corrected chi connectivity index (χ0v) is 12.1. The van der Waals surface area contributed by atoms with E-state index in [4.69, 9.17) is 4.52 Å². The first kappa shape index (κ1) is 13.9. The lowest BCUT2D eigenvalue weighted by Gasteiger charge is -2.35. The number of hydrogen-bond acceptors (Lipinski definition) is 3. The van der Waals surface area contributed by atoms with Crippen LogP contribution in [-0.2, 0) is 6.54 Å². The van der Waals surface area contributed by atoms with E-state index in [2.05, 4.69) is 34.6 Å². The Morgan fingerprint density at radius 1 is 1.47 bits per heavy atom. The van der Waals surface area contributed by atoms with Gasteiger partial charge in [0.1, 0.15) is 12.0 Å².